The number of anilines is 2. The van der Waals surface area contributed by atoms with Crippen LogP contribution in [0.3, 0.4) is 0 Å². The van der Waals surface area contributed by atoms with E-state index in [1.165, 1.54) is 13.3 Å². The Labute approximate surface area is 213 Å². The van der Waals surface area contributed by atoms with Crippen LogP contribution >= 0.6 is 11.6 Å². The monoisotopic (exact) mass is 510 g/mol. The summed E-state index contributed by atoms with van der Waals surface area (Å²) in [7, 11) is 1.54. The molecule has 0 radical (unpaired) electrons. The Bertz CT molecular complexity index is 1300. The Morgan fingerprint density at radius 3 is 3.00 bits per heavy atom. The molecule has 4 heterocycles. The highest BCUT2D eigenvalue weighted by Crippen LogP contribution is 2.33. The van der Waals surface area contributed by atoms with E-state index in [-0.39, 0.29) is 24.3 Å². The normalized spacial score (nSPS) is 19.2. The summed E-state index contributed by atoms with van der Waals surface area (Å²) < 4.78 is 10.6. The van der Waals surface area contributed by atoms with Gasteiger partial charge in [-0.3, -0.25) is 14.6 Å². The first-order valence-electron chi connectivity index (χ1n) is 11.9. The Morgan fingerprint density at radius 2 is 2.14 bits per heavy atom. The van der Waals surface area contributed by atoms with Crippen LogP contribution in [-0.2, 0) is 16.1 Å². The first-order valence-corrected chi connectivity index (χ1v) is 12.3. The quantitative estimate of drug-likeness (QED) is 0.440. The lowest BCUT2D eigenvalue weighted by molar-refractivity contribution is -0.121. The fraction of sp³-hybridized carbons (Fsp3) is 0.400. The Morgan fingerprint density at radius 1 is 1.25 bits per heavy atom. The van der Waals surface area contributed by atoms with Gasteiger partial charge in [0.1, 0.15) is 5.52 Å². The number of rotatable bonds is 7. The molecule has 0 aromatic carbocycles. The summed E-state index contributed by atoms with van der Waals surface area (Å²) >= 11 is 6.38. The van der Waals surface area contributed by atoms with Gasteiger partial charge in [-0.15, -0.1) is 0 Å². The molecule has 2 amide bonds. The largest absolute Gasteiger partial charge is 0.481 e. The van der Waals surface area contributed by atoms with Gasteiger partial charge < -0.3 is 25.4 Å². The molecule has 1 saturated carbocycles. The van der Waals surface area contributed by atoms with Gasteiger partial charge in [-0.2, -0.15) is 0 Å². The fourth-order valence-corrected chi connectivity index (χ4v) is 4.89. The number of nitrogens with zero attached hydrogens (tertiary/aromatic N) is 3. The van der Waals surface area contributed by atoms with E-state index in [0.29, 0.717) is 51.7 Å². The van der Waals surface area contributed by atoms with Crippen molar-refractivity contribution in [3.63, 3.8) is 0 Å². The summed E-state index contributed by atoms with van der Waals surface area (Å²) in [5, 5.41) is 9.51. The van der Waals surface area contributed by atoms with Crippen molar-refractivity contribution < 1.29 is 19.1 Å². The summed E-state index contributed by atoms with van der Waals surface area (Å²) in [5.74, 6) is 1.43. The summed E-state index contributed by atoms with van der Waals surface area (Å²) in [5.41, 5.74) is 2.40. The molecule has 36 heavy (non-hydrogen) atoms. The molecule has 1 aliphatic carbocycles. The summed E-state index contributed by atoms with van der Waals surface area (Å²) in [4.78, 5) is 37.9. The van der Waals surface area contributed by atoms with E-state index in [2.05, 4.69) is 30.9 Å². The number of hydrogen-bond donors (Lipinski definition) is 3. The van der Waals surface area contributed by atoms with Gasteiger partial charge >= 0.3 is 0 Å². The lowest BCUT2D eigenvalue weighted by Gasteiger charge is -2.28. The van der Waals surface area contributed by atoms with Gasteiger partial charge in [-0.05, 0) is 49.9 Å². The molecule has 0 spiro atoms. The molecule has 3 aromatic rings. The number of pyridine rings is 3. The van der Waals surface area contributed by atoms with Crippen molar-refractivity contribution in [2.75, 3.05) is 30.9 Å². The fourth-order valence-electron chi connectivity index (χ4n) is 4.71. The van der Waals surface area contributed by atoms with E-state index in [1.54, 1.807) is 12.1 Å². The molecule has 5 rings (SSSR count). The van der Waals surface area contributed by atoms with Crippen LogP contribution in [0.5, 0.6) is 11.6 Å². The standard InChI is InChI=1S/C25H27ClN6O4/c1-35-21-8-6-18-23(31-21)22(17(26)12-28-18)32-25(34)15-4-2-3-14(9-15)10-27-11-16-5-7-19-24(29-16)30-20(33)13-36-19/h5-8,12,14-15,27H,2-4,9-11,13H2,1H3,(H,28,32,34)(H,29,30,33). The molecule has 0 bridgehead atoms. The predicted molar refractivity (Wildman–Crippen MR) is 135 cm³/mol. The molecule has 3 aromatic heterocycles. The molecule has 2 atom stereocenters. The minimum absolute atomic E-state index is 0.0109. The number of amides is 2. The van der Waals surface area contributed by atoms with Gasteiger partial charge in [0.05, 0.1) is 29.0 Å². The van der Waals surface area contributed by atoms with E-state index < -0.39 is 0 Å². The van der Waals surface area contributed by atoms with Crippen molar-refractivity contribution in [3.8, 4) is 11.6 Å². The third-order valence-electron chi connectivity index (χ3n) is 6.52. The summed E-state index contributed by atoms with van der Waals surface area (Å²) in [6, 6.07) is 7.20. The number of nitrogens with one attached hydrogen (secondary N) is 3. The molecule has 1 aliphatic heterocycles. The predicted octanol–water partition coefficient (Wildman–Crippen LogP) is 3.55. The van der Waals surface area contributed by atoms with Crippen LogP contribution < -0.4 is 25.4 Å². The van der Waals surface area contributed by atoms with Gasteiger partial charge in [0.25, 0.3) is 5.91 Å². The number of halogens is 1. The zero-order chi connectivity index (χ0) is 25.1. The van der Waals surface area contributed by atoms with Crippen molar-refractivity contribution in [3.05, 3.63) is 41.2 Å². The van der Waals surface area contributed by atoms with Crippen molar-refractivity contribution >= 4 is 46.0 Å². The first-order chi connectivity index (χ1) is 17.5. The Kier molecular flexibility index (Phi) is 7.15. The maximum atomic E-state index is 13.2. The average molecular weight is 511 g/mol. The lowest BCUT2D eigenvalue weighted by Crippen LogP contribution is -2.32. The van der Waals surface area contributed by atoms with Crippen LogP contribution in [0.25, 0.3) is 11.0 Å². The van der Waals surface area contributed by atoms with Crippen LogP contribution in [0.1, 0.15) is 31.4 Å². The molecular weight excluding hydrogens is 484 g/mol. The second-order valence-electron chi connectivity index (χ2n) is 9.04. The molecule has 2 unspecified atom stereocenters. The molecular formula is C25H27ClN6O4. The Hall–Kier alpha value is -3.50. The van der Waals surface area contributed by atoms with Crippen molar-refractivity contribution in [1.82, 2.24) is 20.3 Å². The van der Waals surface area contributed by atoms with Gasteiger partial charge in [-0.1, -0.05) is 18.0 Å². The smallest absolute Gasteiger partial charge is 0.263 e. The minimum atomic E-state index is -0.206. The van der Waals surface area contributed by atoms with Crippen LogP contribution in [0.2, 0.25) is 5.02 Å². The molecule has 11 heteroatoms. The van der Waals surface area contributed by atoms with Crippen molar-refractivity contribution in [2.24, 2.45) is 11.8 Å². The second-order valence-corrected chi connectivity index (χ2v) is 9.45. The topological polar surface area (TPSA) is 127 Å². The number of aromatic nitrogens is 3. The summed E-state index contributed by atoms with van der Waals surface area (Å²) in [6.45, 7) is 1.34. The number of methoxy groups -OCH3 is 1. The average Bonchev–Trinajstić information content (AvgIpc) is 2.90. The third-order valence-corrected chi connectivity index (χ3v) is 6.81. The summed E-state index contributed by atoms with van der Waals surface area (Å²) in [6.07, 6.45) is 5.15. The van der Waals surface area contributed by atoms with Gasteiger partial charge in [0, 0.05) is 24.7 Å². The number of fused-ring (bicyclic) bond motifs is 2. The van der Waals surface area contributed by atoms with Gasteiger partial charge in [0.2, 0.25) is 11.8 Å². The molecule has 10 nitrogen and oxygen atoms in total. The van der Waals surface area contributed by atoms with E-state index in [4.69, 9.17) is 21.1 Å². The highest BCUT2D eigenvalue weighted by molar-refractivity contribution is 6.35. The van der Waals surface area contributed by atoms with Crippen LogP contribution in [-0.4, -0.2) is 47.0 Å². The molecule has 1 fully saturated rings. The zero-order valence-electron chi connectivity index (χ0n) is 19.8. The lowest BCUT2D eigenvalue weighted by atomic mass is 9.81. The SMILES string of the molecule is COc1ccc2ncc(Cl)c(NC(=O)C3CCCC(CNCc4ccc5c(n4)NC(=O)CO5)C3)c2n1. The first kappa shape index (κ1) is 24.2. The second kappa shape index (κ2) is 10.6. The third kappa shape index (κ3) is 5.34. The van der Waals surface area contributed by atoms with Crippen LogP contribution in [0, 0.1) is 11.8 Å². The van der Waals surface area contributed by atoms with Crippen molar-refractivity contribution in [1.29, 1.82) is 0 Å². The van der Waals surface area contributed by atoms with Crippen LogP contribution in [0.4, 0.5) is 11.5 Å². The van der Waals surface area contributed by atoms with E-state index in [1.807, 2.05) is 12.1 Å². The van der Waals surface area contributed by atoms with E-state index >= 15 is 0 Å². The maximum absolute atomic E-state index is 13.2. The molecule has 188 valence electrons. The van der Waals surface area contributed by atoms with E-state index in [0.717, 1.165) is 37.9 Å². The van der Waals surface area contributed by atoms with E-state index in [9.17, 15) is 9.59 Å². The number of hydrogen-bond acceptors (Lipinski definition) is 8. The van der Waals surface area contributed by atoms with Gasteiger partial charge in [-0.25, -0.2) is 9.97 Å². The minimum Gasteiger partial charge on any atom is -0.481 e. The Balaban J connectivity index is 1.18. The molecule has 0 saturated heterocycles. The number of carbonyl (C=O) groups is 2. The molecule has 2 aliphatic rings. The maximum Gasteiger partial charge on any atom is 0.263 e. The highest BCUT2D eigenvalue weighted by Gasteiger charge is 2.28. The van der Waals surface area contributed by atoms with Crippen LogP contribution in [0.15, 0.2) is 30.5 Å². The zero-order valence-corrected chi connectivity index (χ0v) is 20.6. The van der Waals surface area contributed by atoms with Gasteiger partial charge in [0.15, 0.2) is 18.2 Å². The number of carbonyl (C=O) groups excluding carboxylic acids is 2. The molecule has 3 N–H and O–H groups in total. The highest BCUT2D eigenvalue weighted by atomic mass is 35.5. The number of ether oxygens (including phenoxy) is 2. The van der Waals surface area contributed by atoms with Crippen molar-refractivity contribution in [2.45, 2.75) is 32.2 Å².